The first-order chi connectivity index (χ1) is 14.3. The third-order valence-corrected chi connectivity index (χ3v) is 7.00. The highest BCUT2D eigenvalue weighted by atomic mass is 32.2. The van der Waals surface area contributed by atoms with Crippen molar-refractivity contribution in [1.82, 2.24) is 9.80 Å². The van der Waals surface area contributed by atoms with Gasteiger partial charge in [0.05, 0.1) is 17.7 Å². The van der Waals surface area contributed by atoms with Crippen molar-refractivity contribution in [3.63, 3.8) is 0 Å². The summed E-state index contributed by atoms with van der Waals surface area (Å²) in [6.07, 6.45) is 0. The van der Waals surface area contributed by atoms with Crippen molar-refractivity contribution in [3.8, 4) is 5.75 Å². The Morgan fingerprint density at radius 2 is 1.63 bits per heavy atom. The number of ether oxygens (including phenoxy) is 1. The van der Waals surface area contributed by atoms with Crippen LogP contribution in [0.25, 0.3) is 0 Å². The van der Waals surface area contributed by atoms with Gasteiger partial charge in [-0.05, 0) is 55.1 Å². The average molecular weight is 436 g/mol. The van der Waals surface area contributed by atoms with E-state index in [9.17, 15) is 17.6 Å². The van der Waals surface area contributed by atoms with Crippen molar-refractivity contribution in [1.29, 1.82) is 0 Å². The number of methoxy groups -OCH3 is 1. The molecular formula is C21H26FN3O4S. The first-order valence-corrected chi connectivity index (χ1v) is 11.2. The lowest BCUT2D eigenvalue weighted by molar-refractivity contribution is -0.131. The van der Waals surface area contributed by atoms with Gasteiger partial charge >= 0.3 is 0 Å². The maximum Gasteiger partial charge on any atom is 0.264 e. The van der Waals surface area contributed by atoms with Crippen LogP contribution in [-0.4, -0.2) is 70.5 Å². The van der Waals surface area contributed by atoms with Crippen molar-refractivity contribution >= 4 is 21.6 Å². The predicted molar refractivity (Wildman–Crippen MR) is 113 cm³/mol. The molecule has 0 radical (unpaired) electrons. The van der Waals surface area contributed by atoms with Gasteiger partial charge in [0, 0.05) is 26.2 Å². The summed E-state index contributed by atoms with van der Waals surface area (Å²) in [6, 6.07) is 11.0. The number of benzene rings is 2. The zero-order chi connectivity index (χ0) is 21.7. The van der Waals surface area contributed by atoms with Crippen LogP contribution in [0.2, 0.25) is 0 Å². The smallest absolute Gasteiger partial charge is 0.264 e. The Labute approximate surface area is 176 Å². The van der Waals surface area contributed by atoms with Crippen LogP contribution in [-0.2, 0) is 14.8 Å². The first-order valence-electron chi connectivity index (χ1n) is 9.77. The predicted octanol–water partition coefficient (Wildman–Crippen LogP) is 2.19. The fourth-order valence-electron chi connectivity index (χ4n) is 3.33. The van der Waals surface area contributed by atoms with Gasteiger partial charge in [-0.3, -0.25) is 9.10 Å². The third-order valence-electron chi connectivity index (χ3n) is 5.21. The lowest BCUT2D eigenvalue weighted by atomic mass is 10.3. The number of halogens is 1. The fourth-order valence-corrected chi connectivity index (χ4v) is 4.75. The molecule has 30 heavy (non-hydrogen) atoms. The Morgan fingerprint density at radius 1 is 1.03 bits per heavy atom. The lowest BCUT2D eigenvalue weighted by Crippen LogP contribution is -2.51. The Balaban J connectivity index is 1.89. The van der Waals surface area contributed by atoms with Crippen molar-refractivity contribution in [2.24, 2.45) is 0 Å². The molecule has 162 valence electrons. The zero-order valence-electron chi connectivity index (χ0n) is 17.1. The molecule has 1 heterocycles. The largest absolute Gasteiger partial charge is 0.497 e. The van der Waals surface area contributed by atoms with E-state index in [0.29, 0.717) is 24.5 Å². The summed E-state index contributed by atoms with van der Waals surface area (Å²) < 4.78 is 46.1. The molecule has 2 aromatic rings. The summed E-state index contributed by atoms with van der Waals surface area (Å²) in [5.74, 6) is -0.234. The molecule has 2 aromatic carbocycles. The molecule has 0 unspecified atom stereocenters. The Kier molecular flexibility index (Phi) is 6.94. The molecule has 0 N–H and O–H groups in total. The number of hydrogen-bond acceptors (Lipinski definition) is 5. The summed E-state index contributed by atoms with van der Waals surface area (Å²) in [5.41, 5.74) is 0.334. The average Bonchev–Trinajstić information content (AvgIpc) is 2.77. The molecule has 1 fully saturated rings. The molecule has 7 nitrogen and oxygen atoms in total. The second-order valence-corrected chi connectivity index (χ2v) is 8.84. The number of likely N-dealkylation sites (N-methyl/N-ethyl adjacent to an activating group) is 1. The van der Waals surface area contributed by atoms with Crippen molar-refractivity contribution in [2.45, 2.75) is 11.8 Å². The van der Waals surface area contributed by atoms with E-state index in [0.717, 1.165) is 36.1 Å². The highest BCUT2D eigenvalue weighted by Gasteiger charge is 2.30. The number of carbonyl (C=O) groups excluding carboxylic acids is 1. The van der Waals surface area contributed by atoms with Crippen LogP contribution in [0.3, 0.4) is 0 Å². The van der Waals surface area contributed by atoms with Crippen LogP contribution in [0.15, 0.2) is 53.4 Å². The first kappa shape index (κ1) is 22.0. The van der Waals surface area contributed by atoms with Gasteiger partial charge in [0.25, 0.3) is 10.0 Å². The molecule has 0 atom stereocenters. The van der Waals surface area contributed by atoms with Gasteiger partial charge in [-0.15, -0.1) is 0 Å². The SMILES string of the molecule is CCN1CCN(C(=O)CN(c2ccc(OC)cc2)S(=O)(=O)c2ccc(F)cc2)CC1. The van der Waals surface area contributed by atoms with Crippen molar-refractivity contribution in [2.75, 3.05) is 50.7 Å². The van der Waals surface area contributed by atoms with Crippen LogP contribution >= 0.6 is 0 Å². The number of carbonyl (C=O) groups is 1. The molecule has 0 bridgehead atoms. The summed E-state index contributed by atoms with van der Waals surface area (Å²) in [7, 11) is -2.56. The van der Waals surface area contributed by atoms with Crippen LogP contribution < -0.4 is 9.04 Å². The van der Waals surface area contributed by atoms with Crippen molar-refractivity contribution < 1.29 is 22.3 Å². The molecule has 0 aromatic heterocycles. The van der Waals surface area contributed by atoms with E-state index in [1.165, 1.54) is 19.2 Å². The summed E-state index contributed by atoms with van der Waals surface area (Å²) in [6.45, 7) is 5.28. The highest BCUT2D eigenvalue weighted by Crippen LogP contribution is 2.26. The normalized spacial score (nSPS) is 15.1. The van der Waals surface area contributed by atoms with E-state index < -0.39 is 15.8 Å². The molecule has 1 aliphatic rings. The highest BCUT2D eigenvalue weighted by molar-refractivity contribution is 7.92. The van der Waals surface area contributed by atoms with Crippen LogP contribution in [0.5, 0.6) is 5.75 Å². The Hall–Kier alpha value is -2.65. The second-order valence-electron chi connectivity index (χ2n) is 6.98. The van der Waals surface area contributed by atoms with Gasteiger partial charge in [0.2, 0.25) is 5.91 Å². The minimum absolute atomic E-state index is 0.0803. The second kappa shape index (κ2) is 9.44. The van der Waals surface area contributed by atoms with Crippen LogP contribution in [0, 0.1) is 5.82 Å². The Morgan fingerprint density at radius 3 is 2.17 bits per heavy atom. The maximum absolute atomic E-state index is 13.3. The van der Waals surface area contributed by atoms with Gasteiger partial charge in [-0.25, -0.2) is 12.8 Å². The third kappa shape index (κ3) is 4.91. The van der Waals surface area contributed by atoms with Gasteiger partial charge < -0.3 is 14.5 Å². The zero-order valence-corrected chi connectivity index (χ0v) is 17.9. The number of nitrogens with zero attached hydrogens (tertiary/aromatic N) is 3. The van der Waals surface area contributed by atoms with Gasteiger partial charge in [0.15, 0.2) is 0 Å². The quantitative estimate of drug-likeness (QED) is 0.667. The van der Waals surface area contributed by atoms with Crippen LogP contribution in [0.4, 0.5) is 10.1 Å². The summed E-state index contributed by atoms with van der Waals surface area (Å²) in [5, 5.41) is 0. The molecule has 0 saturated carbocycles. The van der Waals surface area contributed by atoms with Gasteiger partial charge in [0.1, 0.15) is 18.1 Å². The topological polar surface area (TPSA) is 70.2 Å². The number of hydrogen-bond donors (Lipinski definition) is 0. The Bertz CT molecular complexity index is 957. The molecule has 3 rings (SSSR count). The minimum atomic E-state index is -4.07. The molecule has 1 aliphatic heterocycles. The minimum Gasteiger partial charge on any atom is -0.497 e. The number of piperazine rings is 1. The molecule has 1 amide bonds. The number of sulfonamides is 1. The fraction of sp³-hybridized carbons (Fsp3) is 0.381. The standard InChI is InChI=1S/C21H26FN3O4S/c1-3-23-12-14-24(15-13-23)21(26)16-25(18-6-8-19(29-2)9-7-18)30(27,28)20-10-4-17(22)5-11-20/h4-11H,3,12-16H2,1-2H3. The van der Waals surface area contributed by atoms with E-state index in [2.05, 4.69) is 11.8 Å². The van der Waals surface area contributed by atoms with E-state index >= 15 is 0 Å². The summed E-state index contributed by atoms with van der Waals surface area (Å²) in [4.78, 5) is 16.8. The number of amides is 1. The lowest BCUT2D eigenvalue weighted by Gasteiger charge is -2.35. The monoisotopic (exact) mass is 435 g/mol. The molecular weight excluding hydrogens is 409 g/mol. The summed E-state index contributed by atoms with van der Waals surface area (Å²) >= 11 is 0. The van der Waals surface area contributed by atoms with Crippen molar-refractivity contribution in [3.05, 3.63) is 54.3 Å². The van der Waals surface area contributed by atoms with E-state index in [-0.39, 0.29) is 17.3 Å². The number of anilines is 1. The van der Waals surface area contributed by atoms with Gasteiger partial charge in [-0.1, -0.05) is 6.92 Å². The van der Waals surface area contributed by atoms with Gasteiger partial charge in [-0.2, -0.15) is 0 Å². The van der Waals surface area contributed by atoms with Crippen LogP contribution in [0.1, 0.15) is 6.92 Å². The number of rotatable bonds is 7. The molecule has 9 heteroatoms. The maximum atomic E-state index is 13.3. The molecule has 1 saturated heterocycles. The molecule has 0 spiro atoms. The van der Waals surface area contributed by atoms with E-state index in [4.69, 9.17) is 4.74 Å². The van der Waals surface area contributed by atoms with E-state index in [1.54, 1.807) is 29.2 Å². The molecule has 0 aliphatic carbocycles. The van der Waals surface area contributed by atoms with E-state index in [1.807, 2.05) is 0 Å².